The van der Waals surface area contributed by atoms with Gasteiger partial charge in [-0.3, -0.25) is 0 Å². The van der Waals surface area contributed by atoms with E-state index in [1.165, 1.54) is 6.07 Å². The van der Waals surface area contributed by atoms with Gasteiger partial charge >= 0.3 is 0 Å². The third-order valence-corrected chi connectivity index (χ3v) is 2.25. The van der Waals surface area contributed by atoms with Crippen molar-refractivity contribution in [2.75, 3.05) is 0 Å². The standard InChI is InChI=1S/C10H8BFN2/c11-4-8-3-7-1-6(5-13)2-9(12)10(7)14-8/h1-3,14H,4,11H2. The van der Waals surface area contributed by atoms with Gasteiger partial charge < -0.3 is 4.98 Å². The monoisotopic (exact) mass is 186 g/mol. The van der Waals surface area contributed by atoms with Crippen molar-refractivity contribution in [1.82, 2.24) is 4.98 Å². The summed E-state index contributed by atoms with van der Waals surface area (Å²) in [7, 11) is 1.99. The normalized spacial score (nSPS) is 10.3. The van der Waals surface area contributed by atoms with Crippen molar-refractivity contribution in [3.63, 3.8) is 0 Å². The van der Waals surface area contributed by atoms with E-state index in [4.69, 9.17) is 5.26 Å². The molecule has 0 aliphatic carbocycles. The van der Waals surface area contributed by atoms with Crippen molar-refractivity contribution in [3.05, 3.63) is 35.3 Å². The van der Waals surface area contributed by atoms with Gasteiger partial charge in [0.25, 0.3) is 0 Å². The van der Waals surface area contributed by atoms with Gasteiger partial charge in [-0.1, -0.05) is 0 Å². The Morgan fingerprint density at radius 2 is 2.21 bits per heavy atom. The van der Waals surface area contributed by atoms with Gasteiger partial charge in [0.1, 0.15) is 13.7 Å². The van der Waals surface area contributed by atoms with Crippen molar-refractivity contribution < 1.29 is 4.39 Å². The second-order valence-electron chi connectivity index (χ2n) is 3.18. The zero-order valence-corrected chi connectivity index (χ0v) is 7.76. The molecule has 0 fully saturated rings. The Hall–Kier alpha value is -1.76. The molecule has 2 aromatic rings. The molecule has 0 saturated carbocycles. The first kappa shape index (κ1) is 8.83. The van der Waals surface area contributed by atoms with Crippen molar-refractivity contribution in [2.45, 2.75) is 6.32 Å². The lowest BCUT2D eigenvalue weighted by Gasteiger charge is -1.93. The fourth-order valence-corrected chi connectivity index (χ4v) is 1.51. The molecule has 1 N–H and O–H groups in total. The number of nitriles is 1. The lowest BCUT2D eigenvalue weighted by atomic mass is 10.0. The van der Waals surface area contributed by atoms with Gasteiger partial charge in [-0.25, -0.2) is 4.39 Å². The number of benzene rings is 1. The van der Waals surface area contributed by atoms with E-state index < -0.39 is 0 Å². The minimum atomic E-state index is -0.362. The van der Waals surface area contributed by atoms with Gasteiger partial charge in [0.2, 0.25) is 0 Å². The van der Waals surface area contributed by atoms with Crippen LogP contribution in [0, 0.1) is 17.1 Å². The van der Waals surface area contributed by atoms with Crippen LogP contribution >= 0.6 is 0 Å². The first-order valence-electron chi connectivity index (χ1n) is 4.46. The summed E-state index contributed by atoms with van der Waals surface area (Å²) in [5.74, 6) is -0.362. The maximum absolute atomic E-state index is 13.4. The fraction of sp³-hybridized carbons (Fsp3) is 0.100. The number of H-pyrrole nitrogens is 1. The van der Waals surface area contributed by atoms with E-state index in [1.54, 1.807) is 6.07 Å². The second-order valence-corrected chi connectivity index (χ2v) is 3.18. The van der Waals surface area contributed by atoms with Gasteiger partial charge in [-0.05, 0) is 24.5 Å². The van der Waals surface area contributed by atoms with E-state index >= 15 is 0 Å². The minimum absolute atomic E-state index is 0.358. The van der Waals surface area contributed by atoms with Crippen LogP contribution in [-0.4, -0.2) is 12.8 Å². The smallest absolute Gasteiger partial charge is 0.148 e. The van der Waals surface area contributed by atoms with Crippen LogP contribution in [0.5, 0.6) is 0 Å². The number of halogens is 1. The average Bonchev–Trinajstić information content (AvgIpc) is 2.61. The van der Waals surface area contributed by atoms with Crippen LogP contribution < -0.4 is 0 Å². The van der Waals surface area contributed by atoms with Crippen LogP contribution in [0.3, 0.4) is 0 Å². The molecule has 4 heteroatoms. The molecule has 1 heterocycles. The molecule has 2 nitrogen and oxygen atoms in total. The Kier molecular flexibility index (Phi) is 2.01. The summed E-state index contributed by atoms with van der Waals surface area (Å²) in [6.45, 7) is 0. The number of nitrogens with zero attached hydrogens (tertiary/aromatic N) is 1. The molecule has 0 spiro atoms. The molecule has 0 radical (unpaired) electrons. The largest absolute Gasteiger partial charge is 0.357 e. The first-order chi connectivity index (χ1) is 6.74. The summed E-state index contributed by atoms with van der Waals surface area (Å²) in [6, 6.07) is 6.74. The van der Waals surface area contributed by atoms with Crippen LogP contribution in [0.25, 0.3) is 10.9 Å². The number of hydrogen-bond donors (Lipinski definition) is 1. The topological polar surface area (TPSA) is 39.6 Å². The Labute approximate surface area is 81.8 Å². The molecule has 1 aromatic carbocycles. The summed E-state index contributed by atoms with van der Waals surface area (Å²) in [5.41, 5.74) is 1.83. The van der Waals surface area contributed by atoms with Crippen LogP contribution in [0.1, 0.15) is 11.3 Å². The Morgan fingerprint density at radius 1 is 1.43 bits per heavy atom. The molecule has 0 saturated heterocycles. The predicted octanol–water partition coefficient (Wildman–Crippen LogP) is 1.31. The molecule has 0 aliphatic heterocycles. The first-order valence-corrected chi connectivity index (χ1v) is 4.46. The fourth-order valence-electron chi connectivity index (χ4n) is 1.51. The molecule has 68 valence electrons. The van der Waals surface area contributed by atoms with Crippen LogP contribution in [-0.2, 0) is 6.32 Å². The Morgan fingerprint density at radius 3 is 2.86 bits per heavy atom. The van der Waals surface area contributed by atoms with E-state index in [9.17, 15) is 4.39 Å². The molecule has 0 unspecified atom stereocenters. The second kappa shape index (κ2) is 3.19. The number of fused-ring (bicyclic) bond motifs is 1. The van der Waals surface area contributed by atoms with E-state index in [0.717, 1.165) is 17.4 Å². The molecule has 0 aliphatic rings. The third kappa shape index (κ3) is 1.27. The van der Waals surface area contributed by atoms with Crippen LogP contribution in [0.15, 0.2) is 18.2 Å². The molecular formula is C10H8BFN2. The van der Waals surface area contributed by atoms with Gasteiger partial charge in [-0.2, -0.15) is 5.26 Å². The number of nitrogens with one attached hydrogen (secondary N) is 1. The predicted molar refractivity (Wildman–Crippen MR) is 55.2 cm³/mol. The van der Waals surface area contributed by atoms with Crippen molar-refractivity contribution >= 4 is 18.7 Å². The molecule has 0 bridgehead atoms. The van der Waals surface area contributed by atoms with Gasteiger partial charge in [0.05, 0.1) is 17.1 Å². The maximum atomic E-state index is 13.4. The van der Waals surface area contributed by atoms with Gasteiger partial charge in [0, 0.05) is 11.1 Å². The molecule has 0 atom stereocenters. The SMILES string of the molecule is BCc1cc2cc(C#N)cc(F)c2[nH]1. The molecular weight excluding hydrogens is 178 g/mol. The van der Waals surface area contributed by atoms with E-state index in [2.05, 4.69) is 4.98 Å². The van der Waals surface area contributed by atoms with E-state index in [1.807, 2.05) is 20.0 Å². The Bertz CT molecular complexity index is 525. The van der Waals surface area contributed by atoms with E-state index in [0.29, 0.717) is 11.1 Å². The van der Waals surface area contributed by atoms with Crippen molar-refractivity contribution in [1.29, 1.82) is 5.26 Å². The summed E-state index contributed by atoms with van der Waals surface area (Å²) in [5, 5.41) is 9.42. The molecule has 1 aromatic heterocycles. The highest BCUT2D eigenvalue weighted by Crippen LogP contribution is 2.20. The van der Waals surface area contributed by atoms with Crippen molar-refractivity contribution in [3.8, 4) is 6.07 Å². The molecule has 14 heavy (non-hydrogen) atoms. The lowest BCUT2D eigenvalue weighted by Crippen LogP contribution is -1.83. The van der Waals surface area contributed by atoms with Crippen molar-refractivity contribution in [2.24, 2.45) is 0 Å². The van der Waals surface area contributed by atoms with Crippen LogP contribution in [0.2, 0.25) is 0 Å². The quantitative estimate of drug-likeness (QED) is 0.670. The van der Waals surface area contributed by atoms with E-state index in [-0.39, 0.29) is 5.82 Å². The zero-order chi connectivity index (χ0) is 10.1. The molecule has 2 rings (SSSR count). The summed E-state index contributed by atoms with van der Waals surface area (Å²) >= 11 is 0. The highest BCUT2D eigenvalue weighted by molar-refractivity contribution is 6.08. The van der Waals surface area contributed by atoms with Crippen LogP contribution in [0.4, 0.5) is 4.39 Å². The Balaban J connectivity index is 2.75. The molecule has 0 amide bonds. The summed E-state index contributed by atoms with van der Waals surface area (Å²) < 4.78 is 13.4. The lowest BCUT2D eigenvalue weighted by molar-refractivity contribution is 0.636. The zero-order valence-electron chi connectivity index (χ0n) is 7.76. The number of rotatable bonds is 1. The average molecular weight is 186 g/mol. The highest BCUT2D eigenvalue weighted by atomic mass is 19.1. The number of hydrogen-bond acceptors (Lipinski definition) is 1. The minimum Gasteiger partial charge on any atom is -0.357 e. The third-order valence-electron chi connectivity index (χ3n) is 2.25. The highest BCUT2D eigenvalue weighted by Gasteiger charge is 2.06. The summed E-state index contributed by atoms with van der Waals surface area (Å²) in [4.78, 5) is 2.98. The van der Waals surface area contributed by atoms with Gasteiger partial charge in [0.15, 0.2) is 0 Å². The van der Waals surface area contributed by atoms with Gasteiger partial charge in [-0.15, -0.1) is 0 Å². The maximum Gasteiger partial charge on any atom is 0.148 e. The number of aromatic amines is 1. The summed E-state index contributed by atoms with van der Waals surface area (Å²) in [6.07, 6.45) is 0.829. The number of aromatic nitrogens is 1.